The predicted molar refractivity (Wildman–Crippen MR) is 145 cm³/mol. The Morgan fingerprint density at radius 1 is 1.19 bits per heavy atom. The van der Waals surface area contributed by atoms with Crippen LogP contribution in [0.3, 0.4) is 0 Å². The Balaban J connectivity index is 1.44. The molecule has 1 aromatic heterocycles. The number of rotatable bonds is 9. The van der Waals surface area contributed by atoms with E-state index in [9.17, 15) is 14.0 Å². The van der Waals surface area contributed by atoms with Crippen molar-refractivity contribution < 1.29 is 14.0 Å². The first kappa shape index (κ1) is 27.5. The molecule has 0 spiro atoms. The van der Waals surface area contributed by atoms with E-state index >= 15 is 0 Å². The first-order valence-corrected chi connectivity index (χ1v) is 13.6. The van der Waals surface area contributed by atoms with Crippen molar-refractivity contribution in [1.29, 1.82) is 0 Å². The Kier molecular flexibility index (Phi) is 8.24. The molecule has 1 heterocycles. The molecule has 0 aliphatic heterocycles. The summed E-state index contributed by atoms with van der Waals surface area (Å²) < 4.78 is 13.5. The highest BCUT2D eigenvalue weighted by Gasteiger charge is 2.48. The molecule has 2 amide bonds. The zero-order chi connectivity index (χ0) is 26.8. The van der Waals surface area contributed by atoms with Crippen LogP contribution in [0.5, 0.6) is 0 Å². The second-order valence-corrected chi connectivity index (χ2v) is 12.2. The number of anilines is 1. The van der Waals surface area contributed by atoms with Gasteiger partial charge >= 0.3 is 0 Å². The Labute approximate surface area is 223 Å². The van der Waals surface area contributed by atoms with E-state index < -0.39 is 11.5 Å². The zero-order valence-electron chi connectivity index (χ0n) is 21.9. The van der Waals surface area contributed by atoms with Crippen LogP contribution in [-0.4, -0.2) is 29.4 Å². The summed E-state index contributed by atoms with van der Waals surface area (Å²) in [5.74, 6) is 0.0365. The second kappa shape index (κ2) is 11.1. The van der Waals surface area contributed by atoms with E-state index in [4.69, 9.17) is 17.3 Å². The molecule has 0 bridgehead atoms. The van der Waals surface area contributed by atoms with Gasteiger partial charge in [-0.3, -0.25) is 14.6 Å². The van der Waals surface area contributed by atoms with E-state index in [1.54, 1.807) is 30.6 Å². The normalized spacial score (nSPS) is 25.4. The van der Waals surface area contributed by atoms with Crippen molar-refractivity contribution in [3.8, 4) is 0 Å². The summed E-state index contributed by atoms with van der Waals surface area (Å²) in [4.78, 5) is 30.7. The van der Waals surface area contributed by atoms with Crippen molar-refractivity contribution in [3.05, 3.63) is 59.1 Å². The van der Waals surface area contributed by atoms with Crippen molar-refractivity contribution in [3.63, 3.8) is 0 Å². The van der Waals surface area contributed by atoms with Gasteiger partial charge in [0, 0.05) is 40.5 Å². The van der Waals surface area contributed by atoms with Gasteiger partial charge in [-0.15, -0.1) is 0 Å². The molecule has 4 unspecified atom stereocenters. The molecule has 1 aromatic carbocycles. The molecule has 4 N–H and O–H groups in total. The molecular weight excluding hydrogens is 491 g/mol. The van der Waals surface area contributed by atoms with Crippen LogP contribution >= 0.6 is 11.6 Å². The topological polar surface area (TPSA) is 97.1 Å². The van der Waals surface area contributed by atoms with Gasteiger partial charge in [-0.1, -0.05) is 38.4 Å². The first-order chi connectivity index (χ1) is 17.5. The molecule has 2 aliphatic carbocycles. The van der Waals surface area contributed by atoms with E-state index in [1.165, 1.54) is 12.1 Å². The summed E-state index contributed by atoms with van der Waals surface area (Å²) in [5.41, 5.74) is 7.23. The number of amides is 2. The van der Waals surface area contributed by atoms with Crippen molar-refractivity contribution in [2.45, 2.75) is 70.8 Å². The Hall–Kier alpha value is -2.51. The van der Waals surface area contributed by atoms with E-state index in [2.05, 4.69) is 29.5 Å². The third-order valence-corrected chi connectivity index (χ3v) is 8.46. The smallest absolute Gasteiger partial charge is 0.237 e. The number of carbonyl (C=O) groups is 2. The van der Waals surface area contributed by atoms with Crippen LogP contribution in [0.2, 0.25) is 5.02 Å². The summed E-state index contributed by atoms with van der Waals surface area (Å²) in [6.45, 7) is 6.76. The highest BCUT2D eigenvalue weighted by molar-refractivity contribution is 6.31. The minimum Gasteiger partial charge on any atom is -0.354 e. The van der Waals surface area contributed by atoms with Gasteiger partial charge in [0.05, 0.1) is 6.04 Å². The SMILES string of the molecule is CC(C)CC1CC(C(N)C(=O)NCC2(c3ccc(F)cc3Cl)CC2)CC(C)(C(=O)Nc2ccncc2)C1. The number of aromatic nitrogens is 1. The number of nitrogens with zero attached hydrogens (tertiary/aromatic N) is 1. The zero-order valence-corrected chi connectivity index (χ0v) is 22.7. The summed E-state index contributed by atoms with van der Waals surface area (Å²) >= 11 is 6.31. The average molecular weight is 529 g/mol. The van der Waals surface area contributed by atoms with Crippen molar-refractivity contribution in [2.75, 3.05) is 11.9 Å². The fourth-order valence-corrected chi connectivity index (χ4v) is 6.48. The van der Waals surface area contributed by atoms with Crippen LogP contribution in [0.1, 0.15) is 64.9 Å². The van der Waals surface area contributed by atoms with Gasteiger partial charge in [0.15, 0.2) is 0 Å². The van der Waals surface area contributed by atoms with Crippen molar-refractivity contribution in [2.24, 2.45) is 28.9 Å². The summed E-state index contributed by atoms with van der Waals surface area (Å²) in [6.07, 6.45) is 8.16. The minimum atomic E-state index is -0.720. The quantitative estimate of drug-likeness (QED) is 0.403. The summed E-state index contributed by atoms with van der Waals surface area (Å²) in [6, 6.07) is 7.26. The molecule has 2 aliphatic rings. The maximum atomic E-state index is 13.5. The minimum absolute atomic E-state index is 0.0485. The molecule has 37 heavy (non-hydrogen) atoms. The van der Waals surface area contributed by atoms with Crippen molar-refractivity contribution in [1.82, 2.24) is 10.3 Å². The van der Waals surface area contributed by atoms with Crippen molar-refractivity contribution >= 4 is 29.1 Å². The monoisotopic (exact) mass is 528 g/mol. The van der Waals surface area contributed by atoms with Gasteiger partial charge in [-0.05, 0) is 86.1 Å². The number of pyridine rings is 1. The molecule has 6 nitrogen and oxygen atoms in total. The lowest BCUT2D eigenvalue weighted by Gasteiger charge is -2.43. The summed E-state index contributed by atoms with van der Waals surface area (Å²) in [7, 11) is 0. The first-order valence-electron chi connectivity index (χ1n) is 13.2. The number of nitrogens with one attached hydrogen (secondary N) is 2. The van der Waals surface area contributed by atoms with Gasteiger partial charge in [-0.2, -0.15) is 0 Å². The molecule has 2 saturated carbocycles. The molecular formula is C29H38ClFN4O2. The van der Waals surface area contributed by atoms with Gasteiger partial charge < -0.3 is 16.4 Å². The standard InChI is InChI=1S/C29H38ClFN4O2/c1-18(2)12-19-13-20(16-28(3,15-19)27(37)35-22-6-10-33-11-7-22)25(32)26(36)34-17-29(8-9-29)23-5-4-21(31)14-24(23)30/h4-7,10-11,14,18-20,25H,8-9,12-13,15-17,32H2,1-3H3,(H,34,36)(H,33,35,37). The second-order valence-electron chi connectivity index (χ2n) is 11.8. The molecule has 8 heteroatoms. The molecule has 2 fully saturated rings. The molecule has 4 rings (SSSR count). The number of benzene rings is 1. The maximum Gasteiger partial charge on any atom is 0.237 e. The Bertz CT molecular complexity index is 1120. The van der Waals surface area contributed by atoms with Gasteiger partial charge in [0.1, 0.15) is 5.82 Å². The van der Waals surface area contributed by atoms with Crippen LogP contribution in [-0.2, 0) is 15.0 Å². The lowest BCUT2D eigenvalue weighted by molar-refractivity contribution is -0.131. The maximum absolute atomic E-state index is 13.5. The van der Waals surface area contributed by atoms with E-state index in [-0.39, 0.29) is 29.0 Å². The fraction of sp³-hybridized carbons (Fsp3) is 0.552. The molecule has 0 radical (unpaired) electrons. The third kappa shape index (κ3) is 6.50. The number of hydrogen-bond donors (Lipinski definition) is 3. The van der Waals surface area contributed by atoms with Crippen LogP contribution in [0.15, 0.2) is 42.7 Å². The average Bonchev–Trinajstić information content (AvgIpc) is 3.62. The molecule has 0 saturated heterocycles. The molecule has 4 atom stereocenters. The van der Waals surface area contributed by atoms with Crippen LogP contribution < -0.4 is 16.4 Å². The number of nitrogens with two attached hydrogens (primary N) is 1. The highest BCUT2D eigenvalue weighted by atomic mass is 35.5. The predicted octanol–water partition coefficient (Wildman–Crippen LogP) is 5.46. The van der Waals surface area contributed by atoms with Crippen LogP contribution in [0.25, 0.3) is 0 Å². The number of carbonyl (C=O) groups excluding carboxylic acids is 2. The van der Waals surface area contributed by atoms with Crippen LogP contribution in [0.4, 0.5) is 10.1 Å². The molecule has 200 valence electrons. The fourth-order valence-electron chi connectivity index (χ4n) is 6.12. The van der Waals surface area contributed by atoms with E-state index in [0.717, 1.165) is 37.7 Å². The largest absolute Gasteiger partial charge is 0.354 e. The van der Waals surface area contributed by atoms with E-state index in [0.29, 0.717) is 35.5 Å². The van der Waals surface area contributed by atoms with Gasteiger partial charge in [-0.25, -0.2) is 4.39 Å². The Morgan fingerprint density at radius 2 is 1.89 bits per heavy atom. The number of halogens is 2. The lowest BCUT2D eigenvalue weighted by atomic mass is 9.62. The van der Waals surface area contributed by atoms with Gasteiger partial charge in [0.2, 0.25) is 11.8 Å². The highest BCUT2D eigenvalue weighted by Crippen LogP contribution is 2.50. The van der Waals surface area contributed by atoms with Crippen LogP contribution in [0, 0.1) is 29.0 Å². The lowest BCUT2D eigenvalue weighted by Crippen LogP contribution is -2.52. The molecule has 2 aromatic rings. The van der Waals surface area contributed by atoms with Gasteiger partial charge in [0.25, 0.3) is 0 Å². The van der Waals surface area contributed by atoms with E-state index in [1.807, 2.05) is 6.92 Å². The summed E-state index contributed by atoms with van der Waals surface area (Å²) in [5, 5.41) is 6.47. The Morgan fingerprint density at radius 3 is 2.51 bits per heavy atom. The number of hydrogen-bond acceptors (Lipinski definition) is 4. The third-order valence-electron chi connectivity index (χ3n) is 8.15.